The summed E-state index contributed by atoms with van der Waals surface area (Å²) in [4.78, 5) is 0. The fraction of sp³-hybridized carbons (Fsp3) is 1.00. The fourth-order valence-electron chi connectivity index (χ4n) is 2.27. The average Bonchev–Trinajstić information content (AvgIpc) is 2.31. The zero-order valence-electron chi connectivity index (χ0n) is 11.7. The van der Waals surface area contributed by atoms with Crippen molar-refractivity contribution < 1.29 is 9.47 Å². The summed E-state index contributed by atoms with van der Waals surface area (Å²) in [6.07, 6.45) is 3.43. The molecule has 1 rings (SSSR count). The van der Waals surface area contributed by atoms with Gasteiger partial charge < -0.3 is 14.8 Å². The van der Waals surface area contributed by atoms with Crippen LogP contribution >= 0.6 is 0 Å². The highest BCUT2D eigenvalue weighted by Gasteiger charge is 2.24. The monoisotopic (exact) mass is 243 g/mol. The zero-order chi connectivity index (χ0) is 12.5. The number of hydrogen-bond acceptors (Lipinski definition) is 3. The van der Waals surface area contributed by atoms with Crippen LogP contribution in [0.4, 0.5) is 0 Å². The first kappa shape index (κ1) is 14.9. The number of nitrogens with one attached hydrogen (secondary N) is 1. The van der Waals surface area contributed by atoms with E-state index in [9.17, 15) is 0 Å². The molecule has 1 aliphatic rings. The highest BCUT2D eigenvalue weighted by molar-refractivity contribution is 4.79. The van der Waals surface area contributed by atoms with Crippen LogP contribution in [0.3, 0.4) is 0 Å². The molecule has 2 unspecified atom stereocenters. The standard InChI is InChI=1S/C14H29NO2/c1-4-15-14-7-10-17-11-13(14)6-9-16-8-5-12(2)3/h12-15H,4-11H2,1-3H3. The first-order valence-electron chi connectivity index (χ1n) is 7.13. The summed E-state index contributed by atoms with van der Waals surface area (Å²) in [5.41, 5.74) is 0. The summed E-state index contributed by atoms with van der Waals surface area (Å²) < 4.78 is 11.2. The van der Waals surface area contributed by atoms with E-state index in [1.54, 1.807) is 0 Å². The van der Waals surface area contributed by atoms with E-state index in [4.69, 9.17) is 9.47 Å². The fourth-order valence-corrected chi connectivity index (χ4v) is 2.27. The molecule has 0 aliphatic carbocycles. The number of rotatable bonds is 8. The van der Waals surface area contributed by atoms with Crippen molar-refractivity contribution in [2.24, 2.45) is 11.8 Å². The Morgan fingerprint density at radius 3 is 2.88 bits per heavy atom. The van der Waals surface area contributed by atoms with Gasteiger partial charge in [-0.15, -0.1) is 0 Å². The van der Waals surface area contributed by atoms with Crippen LogP contribution in [-0.4, -0.2) is 39.0 Å². The van der Waals surface area contributed by atoms with Gasteiger partial charge in [-0.05, 0) is 37.6 Å². The van der Waals surface area contributed by atoms with Crippen molar-refractivity contribution in [3.8, 4) is 0 Å². The van der Waals surface area contributed by atoms with Gasteiger partial charge in [-0.1, -0.05) is 20.8 Å². The average molecular weight is 243 g/mol. The maximum atomic E-state index is 5.69. The van der Waals surface area contributed by atoms with Gasteiger partial charge in [0.1, 0.15) is 0 Å². The van der Waals surface area contributed by atoms with Crippen molar-refractivity contribution in [1.82, 2.24) is 5.32 Å². The van der Waals surface area contributed by atoms with E-state index < -0.39 is 0 Å². The lowest BCUT2D eigenvalue weighted by Gasteiger charge is -2.32. The lowest BCUT2D eigenvalue weighted by atomic mass is 9.93. The van der Waals surface area contributed by atoms with Gasteiger partial charge in [-0.25, -0.2) is 0 Å². The van der Waals surface area contributed by atoms with E-state index in [-0.39, 0.29) is 0 Å². The summed E-state index contributed by atoms with van der Waals surface area (Å²) in [5.74, 6) is 1.37. The van der Waals surface area contributed by atoms with E-state index in [1.165, 1.54) is 0 Å². The molecule has 17 heavy (non-hydrogen) atoms. The maximum Gasteiger partial charge on any atom is 0.0510 e. The molecular formula is C14H29NO2. The Balaban J connectivity index is 2.10. The summed E-state index contributed by atoms with van der Waals surface area (Å²) in [5, 5.41) is 3.56. The lowest BCUT2D eigenvalue weighted by molar-refractivity contribution is 0.0134. The Hall–Kier alpha value is -0.120. The van der Waals surface area contributed by atoms with Crippen LogP contribution in [0.2, 0.25) is 0 Å². The Bertz CT molecular complexity index is 183. The van der Waals surface area contributed by atoms with Crippen molar-refractivity contribution in [2.45, 2.75) is 46.1 Å². The normalized spacial score (nSPS) is 25.4. The second kappa shape index (κ2) is 8.90. The van der Waals surface area contributed by atoms with Gasteiger partial charge in [0.25, 0.3) is 0 Å². The Labute approximate surface area is 106 Å². The van der Waals surface area contributed by atoms with Crippen molar-refractivity contribution in [2.75, 3.05) is 33.0 Å². The van der Waals surface area contributed by atoms with E-state index in [2.05, 4.69) is 26.1 Å². The number of ether oxygens (including phenoxy) is 2. The van der Waals surface area contributed by atoms with Gasteiger partial charge in [0.2, 0.25) is 0 Å². The van der Waals surface area contributed by atoms with Gasteiger partial charge in [-0.3, -0.25) is 0 Å². The molecule has 3 heteroatoms. The molecule has 0 spiro atoms. The topological polar surface area (TPSA) is 30.5 Å². The molecule has 0 radical (unpaired) electrons. The first-order chi connectivity index (χ1) is 8.24. The van der Waals surface area contributed by atoms with E-state index in [0.717, 1.165) is 58.2 Å². The minimum atomic E-state index is 0.627. The van der Waals surface area contributed by atoms with E-state index >= 15 is 0 Å². The van der Waals surface area contributed by atoms with Gasteiger partial charge >= 0.3 is 0 Å². The van der Waals surface area contributed by atoms with Gasteiger partial charge in [0.05, 0.1) is 6.61 Å². The smallest absolute Gasteiger partial charge is 0.0510 e. The summed E-state index contributed by atoms with van der Waals surface area (Å²) >= 11 is 0. The van der Waals surface area contributed by atoms with Gasteiger partial charge in [-0.2, -0.15) is 0 Å². The van der Waals surface area contributed by atoms with Crippen LogP contribution in [0.25, 0.3) is 0 Å². The third kappa shape index (κ3) is 6.39. The minimum Gasteiger partial charge on any atom is -0.381 e. The van der Waals surface area contributed by atoms with Crippen LogP contribution in [0.15, 0.2) is 0 Å². The van der Waals surface area contributed by atoms with Crippen LogP contribution in [0.5, 0.6) is 0 Å². The SMILES string of the molecule is CCNC1CCOCC1CCOCCC(C)C. The molecule has 0 bridgehead atoms. The predicted molar refractivity (Wildman–Crippen MR) is 71.3 cm³/mol. The first-order valence-corrected chi connectivity index (χ1v) is 7.13. The molecule has 2 atom stereocenters. The molecule has 0 aromatic rings. The second-order valence-electron chi connectivity index (χ2n) is 5.37. The van der Waals surface area contributed by atoms with Gasteiger partial charge in [0, 0.05) is 25.9 Å². The molecule has 1 N–H and O–H groups in total. The van der Waals surface area contributed by atoms with Crippen molar-refractivity contribution >= 4 is 0 Å². The third-order valence-corrected chi connectivity index (χ3v) is 3.41. The molecule has 1 saturated heterocycles. The van der Waals surface area contributed by atoms with Crippen LogP contribution in [0.1, 0.15) is 40.0 Å². The molecule has 3 nitrogen and oxygen atoms in total. The Morgan fingerprint density at radius 1 is 1.35 bits per heavy atom. The maximum absolute atomic E-state index is 5.69. The largest absolute Gasteiger partial charge is 0.381 e. The van der Waals surface area contributed by atoms with Crippen LogP contribution < -0.4 is 5.32 Å². The Morgan fingerprint density at radius 2 is 2.18 bits per heavy atom. The minimum absolute atomic E-state index is 0.627. The van der Waals surface area contributed by atoms with Crippen molar-refractivity contribution in [1.29, 1.82) is 0 Å². The van der Waals surface area contributed by atoms with E-state index in [1.807, 2.05) is 0 Å². The highest BCUT2D eigenvalue weighted by atomic mass is 16.5. The molecule has 1 heterocycles. The van der Waals surface area contributed by atoms with Crippen molar-refractivity contribution in [3.05, 3.63) is 0 Å². The summed E-state index contributed by atoms with van der Waals surface area (Å²) in [6.45, 7) is 11.3. The summed E-state index contributed by atoms with van der Waals surface area (Å²) in [7, 11) is 0. The van der Waals surface area contributed by atoms with Crippen molar-refractivity contribution in [3.63, 3.8) is 0 Å². The molecule has 0 aromatic heterocycles. The molecule has 1 aliphatic heterocycles. The predicted octanol–water partition coefficient (Wildman–Crippen LogP) is 2.45. The van der Waals surface area contributed by atoms with Crippen LogP contribution in [-0.2, 0) is 9.47 Å². The lowest BCUT2D eigenvalue weighted by Crippen LogP contribution is -2.43. The molecule has 0 amide bonds. The van der Waals surface area contributed by atoms with E-state index in [0.29, 0.717) is 12.0 Å². The molecule has 0 aromatic carbocycles. The quantitative estimate of drug-likeness (QED) is 0.664. The molecule has 102 valence electrons. The second-order valence-corrected chi connectivity index (χ2v) is 5.37. The molecule has 1 fully saturated rings. The van der Waals surface area contributed by atoms with Crippen LogP contribution in [0, 0.1) is 11.8 Å². The van der Waals surface area contributed by atoms with Gasteiger partial charge in [0.15, 0.2) is 0 Å². The summed E-state index contributed by atoms with van der Waals surface area (Å²) in [6, 6.07) is 0.627. The third-order valence-electron chi connectivity index (χ3n) is 3.41. The number of hydrogen-bond donors (Lipinski definition) is 1. The highest BCUT2D eigenvalue weighted by Crippen LogP contribution is 2.18. The molecule has 0 saturated carbocycles. The molecular weight excluding hydrogens is 214 g/mol. The Kier molecular flexibility index (Phi) is 7.82. The zero-order valence-corrected chi connectivity index (χ0v) is 11.7.